The number of aromatic nitrogens is 4. The van der Waals surface area contributed by atoms with Crippen LogP contribution in [0.15, 0.2) is 42.6 Å². The largest absolute Gasteiger partial charge is 0.351 e. The lowest BCUT2D eigenvalue weighted by Crippen LogP contribution is -2.54. The van der Waals surface area contributed by atoms with E-state index >= 15 is 4.39 Å². The van der Waals surface area contributed by atoms with Gasteiger partial charge in [0, 0.05) is 54.9 Å². The molecule has 4 aromatic rings. The third kappa shape index (κ3) is 5.54. The van der Waals surface area contributed by atoms with E-state index in [9.17, 15) is 19.2 Å². The summed E-state index contributed by atoms with van der Waals surface area (Å²) in [5.74, 6) is -1.82. The van der Waals surface area contributed by atoms with Gasteiger partial charge < -0.3 is 10.6 Å². The van der Waals surface area contributed by atoms with Crippen molar-refractivity contribution in [1.29, 1.82) is 0 Å². The van der Waals surface area contributed by atoms with Crippen molar-refractivity contribution >= 4 is 40.5 Å². The molecule has 12 nitrogen and oxygen atoms in total. The molecule has 1 unspecified atom stereocenters. The number of aryl methyl sites for hydroxylation is 1. The highest BCUT2D eigenvalue weighted by molar-refractivity contribution is 6.24. The zero-order valence-electron chi connectivity index (χ0n) is 26.3. The Morgan fingerprint density at radius 1 is 1.04 bits per heavy atom. The molecule has 4 heterocycles. The van der Waals surface area contributed by atoms with Crippen molar-refractivity contribution in [3.05, 3.63) is 70.8 Å². The summed E-state index contributed by atoms with van der Waals surface area (Å²) in [7, 11) is 1.83. The second-order valence-electron chi connectivity index (χ2n) is 12.8. The van der Waals surface area contributed by atoms with Crippen LogP contribution >= 0.6 is 0 Å². The number of nitrogens with one attached hydrogen (secondary N) is 3. The predicted molar refractivity (Wildman–Crippen MR) is 171 cm³/mol. The molecule has 2 aromatic carbocycles. The summed E-state index contributed by atoms with van der Waals surface area (Å²) in [5.41, 5.74) is 3.82. The number of piperidine rings is 1. The summed E-state index contributed by atoms with van der Waals surface area (Å²) >= 11 is 0. The van der Waals surface area contributed by atoms with Crippen molar-refractivity contribution in [2.45, 2.75) is 76.5 Å². The van der Waals surface area contributed by atoms with Gasteiger partial charge in [-0.05, 0) is 61.4 Å². The van der Waals surface area contributed by atoms with Crippen LogP contribution in [0, 0.1) is 5.82 Å². The van der Waals surface area contributed by atoms with Crippen molar-refractivity contribution in [3.63, 3.8) is 0 Å². The highest BCUT2D eigenvalue weighted by Gasteiger charge is 2.45. The average Bonchev–Trinajstić information content (AvgIpc) is 3.70. The van der Waals surface area contributed by atoms with E-state index in [0.717, 1.165) is 35.2 Å². The van der Waals surface area contributed by atoms with Crippen molar-refractivity contribution in [2.24, 2.45) is 7.05 Å². The minimum atomic E-state index is -1.00. The summed E-state index contributed by atoms with van der Waals surface area (Å²) < 4.78 is 16.8. The number of imide groups is 2. The van der Waals surface area contributed by atoms with Crippen molar-refractivity contribution in [2.75, 3.05) is 5.32 Å². The Hall–Kier alpha value is -5.04. The molecule has 2 fully saturated rings. The van der Waals surface area contributed by atoms with E-state index in [-0.39, 0.29) is 36.4 Å². The second kappa shape index (κ2) is 12.0. The molecule has 1 aliphatic carbocycles. The van der Waals surface area contributed by atoms with Crippen LogP contribution in [0.1, 0.15) is 83.8 Å². The van der Waals surface area contributed by atoms with Crippen LogP contribution in [-0.4, -0.2) is 66.4 Å². The summed E-state index contributed by atoms with van der Waals surface area (Å²) in [6.07, 6.45) is 4.38. The highest BCUT2D eigenvalue weighted by Crippen LogP contribution is 2.33. The number of fused-ring (bicyclic) bond motifs is 2. The zero-order valence-corrected chi connectivity index (χ0v) is 26.3. The first-order valence-corrected chi connectivity index (χ1v) is 15.9. The number of benzene rings is 2. The van der Waals surface area contributed by atoms with Gasteiger partial charge in [0.1, 0.15) is 11.6 Å². The SMILES string of the molecule is CC(C)c1c2cc(-c3ccnc(N[C@H]4CC[C@H](NCc5cccc6c5C(=O)N(C5CCC(=O)NC5=O)C6=O)C4)n3)cc(F)c2nn1C. The number of anilines is 1. The lowest BCUT2D eigenvalue weighted by Gasteiger charge is -2.27. The quantitative estimate of drug-likeness (QED) is 0.245. The number of amides is 4. The molecule has 3 aliphatic rings. The van der Waals surface area contributed by atoms with Gasteiger partial charge in [-0.3, -0.25) is 34.1 Å². The van der Waals surface area contributed by atoms with E-state index in [4.69, 9.17) is 4.98 Å². The van der Waals surface area contributed by atoms with Gasteiger partial charge in [0.15, 0.2) is 5.82 Å². The molecule has 242 valence electrons. The standard InChI is InChI=1S/C34H35FN8O4/c1-17(2)30-23-13-19(14-24(35)29(23)41-42(30)3)25-11-12-36-34(39-25)38-21-8-7-20(15-21)37-16-18-5-4-6-22-28(18)33(47)43(32(22)46)26-9-10-27(44)40-31(26)45/h4-6,11-14,17,20-21,26,37H,7-10,15-16H2,1-3H3,(H,36,38,39)(H,40,44,45)/t20-,21-,26?/m0/s1. The van der Waals surface area contributed by atoms with Crippen molar-refractivity contribution < 1.29 is 23.6 Å². The Morgan fingerprint density at radius 2 is 1.85 bits per heavy atom. The fourth-order valence-electron chi connectivity index (χ4n) is 7.16. The molecule has 0 spiro atoms. The van der Waals surface area contributed by atoms with E-state index in [1.54, 1.807) is 29.1 Å². The number of carbonyl (C=O) groups excluding carboxylic acids is 4. The van der Waals surface area contributed by atoms with Gasteiger partial charge in [0.05, 0.1) is 16.8 Å². The lowest BCUT2D eigenvalue weighted by molar-refractivity contribution is -0.136. The van der Waals surface area contributed by atoms with E-state index in [0.29, 0.717) is 40.4 Å². The lowest BCUT2D eigenvalue weighted by atomic mass is 10.0. The zero-order chi connectivity index (χ0) is 33.0. The van der Waals surface area contributed by atoms with Gasteiger partial charge in [-0.25, -0.2) is 14.4 Å². The maximum absolute atomic E-state index is 15.1. The Morgan fingerprint density at radius 3 is 2.64 bits per heavy atom. The van der Waals surface area contributed by atoms with Crippen molar-refractivity contribution in [1.82, 2.24) is 35.3 Å². The van der Waals surface area contributed by atoms with Crippen LogP contribution < -0.4 is 16.0 Å². The Bertz CT molecular complexity index is 1960. The molecule has 4 amide bonds. The first-order valence-electron chi connectivity index (χ1n) is 15.9. The van der Waals surface area contributed by atoms with Crippen LogP contribution in [-0.2, 0) is 23.2 Å². The maximum Gasteiger partial charge on any atom is 0.262 e. The molecule has 3 atom stereocenters. The number of rotatable bonds is 8. The number of halogens is 1. The van der Waals surface area contributed by atoms with Crippen LogP contribution in [0.3, 0.4) is 0 Å². The molecule has 1 saturated heterocycles. The van der Waals surface area contributed by atoms with E-state index in [1.807, 2.05) is 19.2 Å². The summed E-state index contributed by atoms with van der Waals surface area (Å²) in [4.78, 5) is 60.8. The molecule has 13 heteroatoms. The normalized spacial score (nSPS) is 21.2. The Kier molecular flexibility index (Phi) is 7.79. The molecule has 47 heavy (non-hydrogen) atoms. The first kappa shape index (κ1) is 30.6. The minimum absolute atomic E-state index is 0.0727. The van der Waals surface area contributed by atoms with E-state index in [2.05, 4.69) is 39.9 Å². The highest BCUT2D eigenvalue weighted by atomic mass is 19.1. The topological polar surface area (TPSA) is 151 Å². The molecular formula is C34H35FN8O4. The van der Waals surface area contributed by atoms with Crippen LogP contribution in [0.4, 0.5) is 10.3 Å². The summed E-state index contributed by atoms with van der Waals surface area (Å²) in [5, 5.41) is 14.3. The van der Waals surface area contributed by atoms with Gasteiger partial charge in [-0.1, -0.05) is 26.0 Å². The number of carbonyl (C=O) groups is 4. The second-order valence-corrected chi connectivity index (χ2v) is 12.8. The number of hydrogen-bond acceptors (Lipinski definition) is 9. The van der Waals surface area contributed by atoms with Crippen molar-refractivity contribution in [3.8, 4) is 11.3 Å². The maximum atomic E-state index is 15.1. The fourth-order valence-corrected chi connectivity index (χ4v) is 7.16. The van der Waals surface area contributed by atoms with Crippen LogP contribution in [0.5, 0.6) is 0 Å². The first-order chi connectivity index (χ1) is 22.6. The molecule has 0 radical (unpaired) electrons. The third-order valence-corrected chi connectivity index (χ3v) is 9.34. The van der Waals surface area contributed by atoms with Crippen LogP contribution in [0.2, 0.25) is 0 Å². The fraction of sp³-hybridized carbons (Fsp3) is 0.382. The van der Waals surface area contributed by atoms with Gasteiger partial charge >= 0.3 is 0 Å². The number of hydrogen-bond donors (Lipinski definition) is 3. The summed E-state index contributed by atoms with van der Waals surface area (Å²) in [6.45, 7) is 4.49. The molecule has 3 N–H and O–H groups in total. The van der Waals surface area contributed by atoms with Gasteiger partial charge in [-0.15, -0.1) is 0 Å². The molecular weight excluding hydrogens is 603 g/mol. The molecule has 2 aromatic heterocycles. The molecule has 0 bridgehead atoms. The average molecular weight is 639 g/mol. The Balaban J connectivity index is 1.01. The van der Waals surface area contributed by atoms with Gasteiger partial charge in [0.2, 0.25) is 17.8 Å². The predicted octanol–water partition coefficient (Wildman–Crippen LogP) is 3.82. The Labute approximate surface area is 270 Å². The molecule has 7 rings (SSSR count). The monoisotopic (exact) mass is 638 g/mol. The van der Waals surface area contributed by atoms with Crippen LogP contribution in [0.25, 0.3) is 22.2 Å². The molecule has 1 saturated carbocycles. The smallest absolute Gasteiger partial charge is 0.262 e. The summed E-state index contributed by atoms with van der Waals surface area (Å²) in [6, 6.07) is 9.54. The van der Waals surface area contributed by atoms with Gasteiger partial charge in [0.25, 0.3) is 11.8 Å². The molecule has 2 aliphatic heterocycles. The minimum Gasteiger partial charge on any atom is -0.351 e. The van der Waals surface area contributed by atoms with E-state index < -0.39 is 35.5 Å². The third-order valence-electron chi connectivity index (χ3n) is 9.34. The number of nitrogens with zero attached hydrogens (tertiary/aromatic N) is 5. The van der Waals surface area contributed by atoms with Gasteiger partial charge in [-0.2, -0.15) is 5.10 Å². The van der Waals surface area contributed by atoms with E-state index in [1.165, 1.54) is 6.07 Å².